The van der Waals surface area contributed by atoms with E-state index in [2.05, 4.69) is 15.3 Å². The number of oxazole rings is 1. The Morgan fingerprint density at radius 3 is 2.89 bits per heavy atom. The van der Waals surface area contributed by atoms with Gasteiger partial charge in [-0.15, -0.1) is 11.3 Å². The molecule has 2 rings (SSSR count). The third kappa shape index (κ3) is 4.06. The topological polar surface area (TPSA) is 77.2 Å². The van der Waals surface area contributed by atoms with Crippen LogP contribution in [0.5, 0.6) is 0 Å². The van der Waals surface area contributed by atoms with E-state index < -0.39 is 11.7 Å². The summed E-state index contributed by atoms with van der Waals surface area (Å²) < 4.78 is 10.3. The zero-order chi connectivity index (χ0) is 13.9. The fraction of sp³-hybridized carbons (Fsp3) is 0.417. The van der Waals surface area contributed by atoms with Crippen LogP contribution >= 0.6 is 11.3 Å². The first kappa shape index (κ1) is 13.5. The number of carbonyl (C=O) groups is 1. The first-order chi connectivity index (χ1) is 8.94. The summed E-state index contributed by atoms with van der Waals surface area (Å²) in [4.78, 5) is 20.6. The molecule has 0 fully saturated rings. The summed E-state index contributed by atoms with van der Waals surface area (Å²) in [6, 6.07) is 0. The predicted molar refractivity (Wildman–Crippen MR) is 70.7 cm³/mol. The molecular weight excluding hydrogens is 266 g/mol. The van der Waals surface area contributed by atoms with Crippen molar-refractivity contribution in [3.05, 3.63) is 23.5 Å². The first-order valence-corrected chi connectivity index (χ1v) is 6.57. The number of nitrogens with one attached hydrogen (secondary N) is 1. The summed E-state index contributed by atoms with van der Waals surface area (Å²) in [5.41, 5.74) is -0.499. The number of amides is 1. The van der Waals surface area contributed by atoms with Crippen molar-refractivity contribution in [2.24, 2.45) is 0 Å². The van der Waals surface area contributed by atoms with E-state index in [-0.39, 0.29) is 0 Å². The van der Waals surface area contributed by atoms with Gasteiger partial charge in [-0.2, -0.15) is 0 Å². The van der Waals surface area contributed by atoms with Crippen molar-refractivity contribution >= 4 is 17.4 Å². The number of ether oxygens (including phenoxy) is 1. The van der Waals surface area contributed by atoms with Gasteiger partial charge in [-0.25, -0.2) is 14.8 Å². The second kappa shape index (κ2) is 5.40. The number of nitrogens with zero attached hydrogens (tertiary/aromatic N) is 2. The summed E-state index contributed by atoms with van der Waals surface area (Å²) in [6.45, 7) is 5.83. The van der Waals surface area contributed by atoms with Crippen LogP contribution in [0.3, 0.4) is 0 Å². The van der Waals surface area contributed by atoms with Crippen molar-refractivity contribution < 1.29 is 13.9 Å². The minimum atomic E-state index is -0.499. The summed E-state index contributed by atoms with van der Waals surface area (Å²) in [6.07, 6.45) is 4.30. The quantitative estimate of drug-likeness (QED) is 0.936. The lowest BCUT2D eigenvalue weighted by Gasteiger charge is -2.19. The highest BCUT2D eigenvalue weighted by molar-refractivity contribution is 7.14. The molecule has 6 nitrogen and oxygen atoms in total. The number of alkyl carbamates (subject to hydrolysis) is 1. The number of hydrogen-bond acceptors (Lipinski definition) is 6. The second-order valence-corrected chi connectivity index (χ2v) is 5.94. The smallest absolute Gasteiger partial charge is 0.407 e. The molecule has 0 saturated heterocycles. The number of aromatic nitrogens is 2. The maximum atomic E-state index is 11.5. The van der Waals surface area contributed by atoms with Crippen LogP contribution in [0.1, 0.15) is 25.6 Å². The Bertz CT molecular complexity index is 543. The molecule has 0 spiro atoms. The molecule has 0 radical (unpaired) electrons. The van der Waals surface area contributed by atoms with E-state index in [9.17, 15) is 4.79 Å². The van der Waals surface area contributed by atoms with Gasteiger partial charge in [0.2, 0.25) is 0 Å². The lowest BCUT2D eigenvalue weighted by molar-refractivity contribution is 0.0524. The number of hydrogen-bond donors (Lipinski definition) is 1. The van der Waals surface area contributed by atoms with Crippen LogP contribution in [0.15, 0.2) is 23.1 Å². The third-order valence-corrected chi connectivity index (χ3v) is 2.96. The standard InChI is InChI=1S/C12H15N3O3S/c1-12(2,3)18-11(16)15-7-8-6-14-10(19-8)9-13-4-5-17-9/h4-6H,7H2,1-3H3,(H,15,16). The van der Waals surface area contributed by atoms with E-state index in [0.717, 1.165) is 4.88 Å². The Morgan fingerprint density at radius 1 is 1.47 bits per heavy atom. The van der Waals surface area contributed by atoms with Gasteiger partial charge >= 0.3 is 6.09 Å². The molecule has 0 aliphatic heterocycles. The second-order valence-electron chi connectivity index (χ2n) is 4.82. The van der Waals surface area contributed by atoms with Gasteiger partial charge in [0.15, 0.2) is 5.01 Å². The molecular formula is C12H15N3O3S. The fourth-order valence-corrected chi connectivity index (χ4v) is 2.08. The Balaban J connectivity index is 1.89. The van der Waals surface area contributed by atoms with Crippen molar-refractivity contribution in [1.82, 2.24) is 15.3 Å². The summed E-state index contributed by atoms with van der Waals surface area (Å²) >= 11 is 1.41. The molecule has 2 aromatic heterocycles. The number of thiazole rings is 1. The Hall–Kier alpha value is -1.89. The van der Waals surface area contributed by atoms with Crippen LogP contribution in [0, 0.1) is 0 Å². The summed E-state index contributed by atoms with van der Waals surface area (Å²) in [5, 5.41) is 3.36. The molecule has 1 amide bonds. The Morgan fingerprint density at radius 2 is 2.26 bits per heavy atom. The molecule has 1 N–H and O–H groups in total. The van der Waals surface area contributed by atoms with Crippen LogP contribution in [0.4, 0.5) is 4.79 Å². The molecule has 0 unspecified atom stereocenters. The van der Waals surface area contributed by atoms with Gasteiger partial charge < -0.3 is 14.5 Å². The zero-order valence-electron chi connectivity index (χ0n) is 11.0. The lowest BCUT2D eigenvalue weighted by Crippen LogP contribution is -2.31. The highest BCUT2D eigenvalue weighted by Gasteiger charge is 2.16. The maximum absolute atomic E-state index is 11.5. The highest BCUT2D eigenvalue weighted by atomic mass is 32.1. The van der Waals surface area contributed by atoms with Gasteiger partial charge in [-0.1, -0.05) is 0 Å². The van der Waals surface area contributed by atoms with Gasteiger partial charge in [0.1, 0.15) is 11.9 Å². The fourth-order valence-electron chi connectivity index (χ4n) is 1.29. The van der Waals surface area contributed by atoms with Crippen LogP contribution in [-0.2, 0) is 11.3 Å². The van der Waals surface area contributed by atoms with Gasteiger partial charge in [-0.3, -0.25) is 0 Å². The van der Waals surface area contributed by atoms with Crippen molar-refractivity contribution in [3.8, 4) is 10.9 Å². The third-order valence-electron chi connectivity index (χ3n) is 1.97. The molecule has 0 bridgehead atoms. The van der Waals surface area contributed by atoms with Crippen molar-refractivity contribution in [3.63, 3.8) is 0 Å². The SMILES string of the molecule is CC(C)(C)OC(=O)NCc1cnc(-c2ncco2)s1. The van der Waals surface area contributed by atoms with Crippen molar-refractivity contribution in [2.75, 3.05) is 0 Å². The molecule has 7 heteroatoms. The maximum Gasteiger partial charge on any atom is 0.407 e. The van der Waals surface area contributed by atoms with Crippen LogP contribution in [0.2, 0.25) is 0 Å². The number of rotatable bonds is 3. The molecule has 0 aliphatic carbocycles. The van der Waals surface area contributed by atoms with Crippen LogP contribution in [-0.4, -0.2) is 21.7 Å². The van der Waals surface area contributed by atoms with Crippen LogP contribution in [0.25, 0.3) is 10.9 Å². The molecule has 0 aliphatic rings. The average Bonchev–Trinajstić information content (AvgIpc) is 2.95. The average molecular weight is 281 g/mol. The molecule has 102 valence electrons. The minimum absolute atomic E-state index is 0.368. The first-order valence-electron chi connectivity index (χ1n) is 5.75. The van der Waals surface area contributed by atoms with Crippen molar-refractivity contribution in [2.45, 2.75) is 32.9 Å². The van der Waals surface area contributed by atoms with Crippen LogP contribution < -0.4 is 5.32 Å². The molecule has 2 heterocycles. The predicted octanol–water partition coefficient (Wildman–Crippen LogP) is 2.82. The summed E-state index contributed by atoms with van der Waals surface area (Å²) in [7, 11) is 0. The monoisotopic (exact) mass is 281 g/mol. The zero-order valence-corrected chi connectivity index (χ0v) is 11.8. The van der Waals surface area contributed by atoms with Gasteiger partial charge in [0.25, 0.3) is 5.89 Å². The van der Waals surface area contributed by atoms with Crippen molar-refractivity contribution in [1.29, 1.82) is 0 Å². The van der Waals surface area contributed by atoms with E-state index in [1.807, 2.05) is 20.8 Å². The van der Waals surface area contributed by atoms with E-state index >= 15 is 0 Å². The Labute approximate surface area is 114 Å². The lowest BCUT2D eigenvalue weighted by atomic mass is 10.2. The summed E-state index contributed by atoms with van der Waals surface area (Å²) in [5.74, 6) is 0.480. The van der Waals surface area contributed by atoms with E-state index in [0.29, 0.717) is 17.4 Å². The normalized spacial score (nSPS) is 11.3. The van der Waals surface area contributed by atoms with E-state index in [1.165, 1.54) is 17.6 Å². The molecule has 0 aromatic carbocycles. The largest absolute Gasteiger partial charge is 0.444 e. The van der Waals surface area contributed by atoms with E-state index in [4.69, 9.17) is 9.15 Å². The molecule has 0 atom stereocenters. The van der Waals surface area contributed by atoms with Gasteiger partial charge in [0, 0.05) is 11.1 Å². The van der Waals surface area contributed by atoms with E-state index in [1.54, 1.807) is 12.4 Å². The minimum Gasteiger partial charge on any atom is -0.444 e. The van der Waals surface area contributed by atoms with Gasteiger partial charge in [0.05, 0.1) is 12.7 Å². The molecule has 2 aromatic rings. The Kier molecular flexibility index (Phi) is 3.84. The highest BCUT2D eigenvalue weighted by Crippen LogP contribution is 2.23. The molecule has 19 heavy (non-hydrogen) atoms. The van der Waals surface area contributed by atoms with Gasteiger partial charge in [-0.05, 0) is 20.8 Å². The number of carbonyl (C=O) groups excluding carboxylic acids is 1. The molecule has 0 saturated carbocycles.